The van der Waals surface area contributed by atoms with Gasteiger partial charge in [-0.25, -0.2) is 4.98 Å². The number of aromatic nitrogens is 2. The summed E-state index contributed by atoms with van der Waals surface area (Å²) >= 11 is 0. The van der Waals surface area contributed by atoms with Gasteiger partial charge in [0.2, 0.25) is 5.91 Å². The zero-order chi connectivity index (χ0) is 15.1. The van der Waals surface area contributed by atoms with Crippen LogP contribution in [0.3, 0.4) is 0 Å². The van der Waals surface area contributed by atoms with E-state index in [1.165, 1.54) is 5.56 Å². The average Bonchev–Trinajstić information content (AvgIpc) is 2.93. The van der Waals surface area contributed by atoms with Crippen LogP contribution in [0.4, 0.5) is 0 Å². The summed E-state index contributed by atoms with van der Waals surface area (Å²) in [7, 11) is 0. The van der Waals surface area contributed by atoms with Gasteiger partial charge in [0.1, 0.15) is 5.82 Å². The molecule has 1 atom stereocenters. The normalized spacial score (nSPS) is 12.1. The molecule has 21 heavy (non-hydrogen) atoms. The number of amides is 1. The van der Waals surface area contributed by atoms with Gasteiger partial charge in [-0.15, -0.1) is 0 Å². The largest absolute Gasteiger partial charge is 0.348 e. The molecule has 0 spiro atoms. The molecule has 1 amide bonds. The lowest BCUT2D eigenvalue weighted by molar-refractivity contribution is -0.122. The van der Waals surface area contributed by atoms with Gasteiger partial charge in [-0.05, 0) is 25.3 Å². The van der Waals surface area contributed by atoms with E-state index in [4.69, 9.17) is 5.73 Å². The highest BCUT2D eigenvalue weighted by atomic mass is 16.2. The van der Waals surface area contributed by atoms with E-state index in [2.05, 4.69) is 39.1 Å². The Kier molecular flexibility index (Phi) is 5.51. The molecular formula is C16H22N4O. The number of benzene rings is 1. The lowest BCUT2D eigenvalue weighted by atomic mass is 10.1. The average molecular weight is 286 g/mol. The first-order valence-electron chi connectivity index (χ1n) is 7.24. The molecule has 1 unspecified atom stereocenters. The van der Waals surface area contributed by atoms with Crippen LogP contribution in [-0.4, -0.2) is 21.5 Å². The molecule has 0 aliphatic rings. The van der Waals surface area contributed by atoms with Gasteiger partial charge < -0.3 is 15.6 Å². The molecule has 5 heteroatoms. The van der Waals surface area contributed by atoms with Gasteiger partial charge in [0.15, 0.2) is 0 Å². The third kappa shape index (κ3) is 4.72. The van der Waals surface area contributed by atoms with Gasteiger partial charge in [-0.2, -0.15) is 0 Å². The monoisotopic (exact) mass is 286 g/mol. The third-order valence-electron chi connectivity index (χ3n) is 3.34. The van der Waals surface area contributed by atoms with E-state index in [9.17, 15) is 4.79 Å². The van der Waals surface area contributed by atoms with E-state index in [1.54, 1.807) is 13.1 Å². The number of hydrogen-bond donors (Lipinski definition) is 2. The molecule has 0 bridgehead atoms. The van der Waals surface area contributed by atoms with Gasteiger partial charge in [0.05, 0.1) is 12.6 Å². The molecule has 0 saturated carbocycles. The molecule has 0 aliphatic carbocycles. The standard InChI is InChI=1S/C16H22N4O/c1-13(17)16(21)19-12-15-18-9-11-20(15)10-5-8-14-6-3-2-4-7-14/h2-4,6-7,9,11,13H,5,8,10,12,17H2,1H3,(H,19,21). The fraction of sp³-hybridized carbons (Fsp3) is 0.375. The second-order valence-electron chi connectivity index (χ2n) is 5.13. The summed E-state index contributed by atoms with van der Waals surface area (Å²) in [5, 5.41) is 2.79. The molecular weight excluding hydrogens is 264 g/mol. The highest BCUT2D eigenvalue weighted by Gasteiger charge is 2.08. The molecule has 2 aromatic rings. The zero-order valence-corrected chi connectivity index (χ0v) is 12.3. The van der Waals surface area contributed by atoms with E-state index >= 15 is 0 Å². The Morgan fingerprint density at radius 2 is 2.14 bits per heavy atom. The van der Waals surface area contributed by atoms with Crippen LogP contribution in [-0.2, 0) is 24.3 Å². The summed E-state index contributed by atoms with van der Waals surface area (Å²) in [5.41, 5.74) is 6.86. The summed E-state index contributed by atoms with van der Waals surface area (Å²) in [6.07, 6.45) is 5.77. The van der Waals surface area contributed by atoms with Crippen LogP contribution < -0.4 is 11.1 Å². The number of hydrogen-bond acceptors (Lipinski definition) is 3. The van der Waals surface area contributed by atoms with Crippen LogP contribution >= 0.6 is 0 Å². The maximum Gasteiger partial charge on any atom is 0.237 e. The van der Waals surface area contributed by atoms with E-state index in [1.807, 2.05) is 12.3 Å². The summed E-state index contributed by atoms with van der Waals surface area (Å²) < 4.78 is 2.07. The highest BCUT2D eigenvalue weighted by Crippen LogP contribution is 2.05. The molecule has 1 aromatic heterocycles. The molecule has 0 radical (unpaired) electrons. The minimum atomic E-state index is -0.494. The fourth-order valence-corrected chi connectivity index (χ4v) is 2.14. The van der Waals surface area contributed by atoms with Crippen LogP contribution in [0.15, 0.2) is 42.7 Å². The Labute approximate surface area is 125 Å². The Morgan fingerprint density at radius 3 is 2.86 bits per heavy atom. The molecule has 0 fully saturated rings. The van der Waals surface area contributed by atoms with E-state index < -0.39 is 6.04 Å². The highest BCUT2D eigenvalue weighted by molar-refractivity contribution is 5.80. The quantitative estimate of drug-likeness (QED) is 0.809. The zero-order valence-electron chi connectivity index (χ0n) is 12.3. The van der Waals surface area contributed by atoms with Crippen LogP contribution in [0.25, 0.3) is 0 Å². The number of nitrogens with two attached hydrogens (primary N) is 1. The van der Waals surface area contributed by atoms with Crippen molar-refractivity contribution >= 4 is 5.91 Å². The van der Waals surface area contributed by atoms with Gasteiger partial charge in [0, 0.05) is 18.9 Å². The number of nitrogens with zero attached hydrogens (tertiary/aromatic N) is 2. The number of carbonyl (C=O) groups excluding carboxylic acids is 1. The van der Waals surface area contributed by atoms with Gasteiger partial charge in [0.25, 0.3) is 0 Å². The number of carbonyl (C=O) groups is 1. The van der Waals surface area contributed by atoms with Crippen LogP contribution in [0.2, 0.25) is 0 Å². The molecule has 0 aliphatic heterocycles. The fourth-order valence-electron chi connectivity index (χ4n) is 2.14. The molecule has 5 nitrogen and oxygen atoms in total. The van der Waals surface area contributed by atoms with Crippen LogP contribution in [0.5, 0.6) is 0 Å². The van der Waals surface area contributed by atoms with Crippen molar-refractivity contribution in [1.29, 1.82) is 0 Å². The second kappa shape index (κ2) is 7.59. The first kappa shape index (κ1) is 15.3. The predicted molar refractivity (Wildman–Crippen MR) is 82.5 cm³/mol. The van der Waals surface area contributed by atoms with Crippen molar-refractivity contribution in [1.82, 2.24) is 14.9 Å². The first-order chi connectivity index (χ1) is 10.2. The molecule has 112 valence electrons. The van der Waals surface area contributed by atoms with Gasteiger partial charge in [-0.1, -0.05) is 30.3 Å². The topological polar surface area (TPSA) is 72.9 Å². The van der Waals surface area contributed by atoms with Crippen LogP contribution in [0, 0.1) is 0 Å². The predicted octanol–water partition coefficient (Wildman–Crippen LogP) is 1.48. The van der Waals surface area contributed by atoms with Gasteiger partial charge >= 0.3 is 0 Å². The van der Waals surface area contributed by atoms with Crippen molar-refractivity contribution in [3.63, 3.8) is 0 Å². The molecule has 3 N–H and O–H groups in total. The maximum atomic E-state index is 11.5. The summed E-state index contributed by atoms with van der Waals surface area (Å²) in [6.45, 7) is 2.97. The third-order valence-corrected chi connectivity index (χ3v) is 3.34. The van der Waals surface area contributed by atoms with Gasteiger partial charge in [-0.3, -0.25) is 4.79 Å². The van der Waals surface area contributed by atoms with E-state index in [0.29, 0.717) is 6.54 Å². The molecule has 2 rings (SSSR count). The van der Waals surface area contributed by atoms with Crippen molar-refractivity contribution < 1.29 is 4.79 Å². The van der Waals surface area contributed by atoms with Crippen LogP contribution in [0.1, 0.15) is 24.7 Å². The minimum Gasteiger partial charge on any atom is -0.348 e. The van der Waals surface area contributed by atoms with Crippen molar-refractivity contribution in [2.45, 2.75) is 38.9 Å². The molecule has 0 saturated heterocycles. The summed E-state index contributed by atoms with van der Waals surface area (Å²) in [5.74, 6) is 0.700. The Bertz CT molecular complexity index is 563. The molecule has 1 aromatic carbocycles. The summed E-state index contributed by atoms with van der Waals surface area (Å²) in [4.78, 5) is 15.8. The molecule has 1 heterocycles. The summed E-state index contributed by atoms with van der Waals surface area (Å²) in [6, 6.07) is 9.92. The second-order valence-corrected chi connectivity index (χ2v) is 5.13. The van der Waals surface area contributed by atoms with E-state index in [0.717, 1.165) is 25.2 Å². The Morgan fingerprint density at radius 1 is 1.38 bits per heavy atom. The number of nitrogens with one attached hydrogen (secondary N) is 1. The number of rotatable bonds is 7. The number of aryl methyl sites for hydroxylation is 2. The van der Waals surface area contributed by atoms with E-state index in [-0.39, 0.29) is 5.91 Å². The smallest absolute Gasteiger partial charge is 0.237 e. The Balaban J connectivity index is 1.81. The lowest BCUT2D eigenvalue weighted by Gasteiger charge is -2.10. The van der Waals surface area contributed by atoms with Crippen molar-refractivity contribution in [3.05, 3.63) is 54.1 Å². The number of imidazole rings is 1. The minimum absolute atomic E-state index is 0.158. The Hall–Kier alpha value is -2.14. The maximum absolute atomic E-state index is 11.5. The van der Waals surface area contributed by atoms with Crippen molar-refractivity contribution in [3.8, 4) is 0 Å². The lowest BCUT2D eigenvalue weighted by Crippen LogP contribution is -2.38. The first-order valence-corrected chi connectivity index (χ1v) is 7.24. The van der Waals surface area contributed by atoms with Crippen molar-refractivity contribution in [2.24, 2.45) is 5.73 Å². The SMILES string of the molecule is CC(N)C(=O)NCc1nccn1CCCc1ccccc1. The van der Waals surface area contributed by atoms with Crippen molar-refractivity contribution in [2.75, 3.05) is 0 Å².